The summed E-state index contributed by atoms with van der Waals surface area (Å²) < 4.78 is 0. The zero-order chi connectivity index (χ0) is 15.6. The van der Waals surface area contributed by atoms with Crippen molar-refractivity contribution in [2.24, 2.45) is 0 Å². The molecule has 21 heavy (non-hydrogen) atoms. The molecule has 0 bridgehead atoms. The molecule has 1 fully saturated rings. The van der Waals surface area contributed by atoms with E-state index < -0.39 is 10.8 Å². The fraction of sp³-hybridized carbons (Fsp3) is 0.385. The molecule has 0 aromatic heterocycles. The first-order valence-corrected chi connectivity index (χ1v) is 6.74. The predicted molar refractivity (Wildman–Crippen MR) is 76.8 cm³/mol. The van der Waals surface area contributed by atoms with Crippen LogP contribution < -0.4 is 5.73 Å². The molecule has 0 radical (unpaired) electrons. The van der Waals surface area contributed by atoms with Gasteiger partial charge in [0.2, 0.25) is 0 Å². The number of anilines is 1. The topological polar surface area (TPSA) is 113 Å². The van der Waals surface area contributed by atoms with Crippen molar-refractivity contribution in [3.63, 3.8) is 0 Å². The lowest BCUT2D eigenvalue weighted by molar-refractivity contribution is -0.384. The minimum atomic E-state index is -0.626. The number of hydrogen-bond donors (Lipinski definition) is 1. The number of carbonyl (C=O) groups excluding carboxylic acids is 1. The summed E-state index contributed by atoms with van der Waals surface area (Å²) in [5, 5.41) is 19.5. The number of nitrogens with zero attached hydrogens (tertiary/aromatic N) is 3. The highest BCUT2D eigenvalue weighted by Gasteiger charge is 2.34. The van der Waals surface area contributed by atoms with E-state index in [0.717, 1.165) is 25.0 Å². The van der Waals surface area contributed by atoms with Gasteiger partial charge in [-0.1, -0.05) is 11.6 Å². The SMILES string of the molecule is N#CCCN(C(=O)c1cc([N+](=O)[O-])cc(Cl)c1N)C1CC1. The van der Waals surface area contributed by atoms with E-state index in [-0.39, 0.29) is 41.0 Å². The molecule has 8 heteroatoms. The van der Waals surface area contributed by atoms with Crippen molar-refractivity contribution in [1.29, 1.82) is 5.26 Å². The molecule has 1 aliphatic carbocycles. The average molecular weight is 309 g/mol. The monoisotopic (exact) mass is 308 g/mol. The van der Waals surface area contributed by atoms with Crippen molar-refractivity contribution in [3.8, 4) is 6.07 Å². The number of amides is 1. The zero-order valence-corrected chi connectivity index (χ0v) is 11.8. The molecular formula is C13H13ClN4O3. The average Bonchev–Trinajstić information content (AvgIpc) is 3.26. The Morgan fingerprint density at radius 2 is 2.24 bits per heavy atom. The molecule has 1 aliphatic rings. The van der Waals surface area contributed by atoms with Gasteiger partial charge in [0.25, 0.3) is 11.6 Å². The molecule has 1 saturated carbocycles. The summed E-state index contributed by atoms with van der Waals surface area (Å²) in [6.45, 7) is 0.278. The van der Waals surface area contributed by atoms with Crippen LogP contribution in [0, 0.1) is 21.4 Å². The Bertz CT molecular complexity index is 637. The summed E-state index contributed by atoms with van der Waals surface area (Å²) >= 11 is 5.86. The number of nitro benzene ring substituents is 1. The highest BCUT2D eigenvalue weighted by molar-refractivity contribution is 6.34. The molecule has 0 aliphatic heterocycles. The van der Waals surface area contributed by atoms with Crippen molar-refractivity contribution in [2.45, 2.75) is 25.3 Å². The van der Waals surface area contributed by atoms with Crippen LogP contribution in [0.4, 0.5) is 11.4 Å². The second-order valence-corrected chi connectivity index (χ2v) is 5.19. The second kappa shape index (κ2) is 5.97. The molecule has 0 heterocycles. The van der Waals surface area contributed by atoms with Crippen molar-refractivity contribution < 1.29 is 9.72 Å². The van der Waals surface area contributed by atoms with Crippen LogP contribution in [0.15, 0.2) is 12.1 Å². The molecule has 0 saturated heterocycles. The summed E-state index contributed by atoms with van der Waals surface area (Å²) in [6, 6.07) is 4.30. The minimum Gasteiger partial charge on any atom is -0.397 e. The van der Waals surface area contributed by atoms with Crippen LogP contribution in [0.5, 0.6) is 0 Å². The van der Waals surface area contributed by atoms with Gasteiger partial charge >= 0.3 is 0 Å². The molecule has 110 valence electrons. The van der Waals surface area contributed by atoms with Gasteiger partial charge < -0.3 is 10.6 Å². The van der Waals surface area contributed by atoms with E-state index in [2.05, 4.69) is 0 Å². The molecule has 1 aromatic carbocycles. The third-order valence-corrected chi connectivity index (χ3v) is 3.58. The Kier molecular flexibility index (Phi) is 4.29. The van der Waals surface area contributed by atoms with Crippen molar-refractivity contribution in [3.05, 3.63) is 32.8 Å². The number of non-ortho nitro benzene ring substituents is 1. The Morgan fingerprint density at radius 3 is 2.76 bits per heavy atom. The molecular weight excluding hydrogens is 296 g/mol. The Hall–Kier alpha value is -2.33. The number of rotatable bonds is 5. The standard InChI is InChI=1S/C13H13ClN4O3/c14-11-7-9(18(20)21)6-10(12(11)16)13(19)17(5-1-4-15)8-2-3-8/h6-8H,1-3,5,16H2. The van der Waals surface area contributed by atoms with Gasteiger partial charge in [0, 0.05) is 24.7 Å². The maximum absolute atomic E-state index is 12.5. The molecule has 0 spiro atoms. The summed E-state index contributed by atoms with van der Waals surface area (Å²) in [6.07, 6.45) is 1.92. The zero-order valence-electron chi connectivity index (χ0n) is 11.1. The number of nitrogens with two attached hydrogens (primary N) is 1. The van der Waals surface area contributed by atoms with Crippen LogP contribution in [-0.2, 0) is 0 Å². The fourth-order valence-electron chi connectivity index (χ4n) is 2.05. The summed E-state index contributed by atoms with van der Waals surface area (Å²) in [4.78, 5) is 24.3. The first-order chi connectivity index (χ1) is 9.95. The van der Waals surface area contributed by atoms with E-state index >= 15 is 0 Å². The number of benzene rings is 1. The molecule has 7 nitrogen and oxygen atoms in total. The van der Waals surface area contributed by atoms with Gasteiger partial charge in [0.15, 0.2) is 0 Å². The normalized spacial score (nSPS) is 13.5. The van der Waals surface area contributed by atoms with Crippen LogP contribution >= 0.6 is 11.6 Å². The van der Waals surface area contributed by atoms with Crippen LogP contribution in [-0.4, -0.2) is 28.3 Å². The van der Waals surface area contributed by atoms with Crippen molar-refractivity contribution in [1.82, 2.24) is 4.90 Å². The quantitative estimate of drug-likeness (QED) is 0.509. The maximum Gasteiger partial charge on any atom is 0.271 e. The van der Waals surface area contributed by atoms with Gasteiger partial charge in [0.05, 0.1) is 33.7 Å². The van der Waals surface area contributed by atoms with Gasteiger partial charge in [-0.05, 0) is 12.8 Å². The molecule has 0 atom stereocenters. The van der Waals surface area contributed by atoms with E-state index in [1.807, 2.05) is 6.07 Å². The highest BCUT2D eigenvalue weighted by atomic mass is 35.5. The number of hydrogen-bond acceptors (Lipinski definition) is 5. The van der Waals surface area contributed by atoms with Gasteiger partial charge in [-0.15, -0.1) is 0 Å². The lowest BCUT2D eigenvalue weighted by Crippen LogP contribution is -2.34. The van der Waals surface area contributed by atoms with Gasteiger partial charge in [-0.3, -0.25) is 14.9 Å². The molecule has 2 rings (SSSR count). The third-order valence-electron chi connectivity index (χ3n) is 3.27. The maximum atomic E-state index is 12.5. The van der Waals surface area contributed by atoms with E-state index in [1.165, 1.54) is 4.90 Å². The van der Waals surface area contributed by atoms with E-state index in [9.17, 15) is 14.9 Å². The number of halogens is 1. The van der Waals surface area contributed by atoms with Gasteiger partial charge in [-0.2, -0.15) is 5.26 Å². The Balaban J connectivity index is 2.37. The Labute approximate surface area is 126 Å². The lowest BCUT2D eigenvalue weighted by Gasteiger charge is -2.22. The molecule has 0 unspecified atom stereocenters. The number of carbonyl (C=O) groups is 1. The number of nitriles is 1. The van der Waals surface area contributed by atoms with Crippen LogP contribution in [0.1, 0.15) is 29.6 Å². The molecule has 1 amide bonds. The highest BCUT2D eigenvalue weighted by Crippen LogP contribution is 2.33. The van der Waals surface area contributed by atoms with Gasteiger partial charge in [0.1, 0.15) is 0 Å². The van der Waals surface area contributed by atoms with Crippen molar-refractivity contribution >= 4 is 28.9 Å². The van der Waals surface area contributed by atoms with Crippen LogP contribution in [0.3, 0.4) is 0 Å². The lowest BCUT2D eigenvalue weighted by atomic mass is 10.1. The second-order valence-electron chi connectivity index (χ2n) is 4.78. The molecule has 1 aromatic rings. The summed E-state index contributed by atoms with van der Waals surface area (Å²) in [5.41, 5.74) is 5.52. The fourth-order valence-corrected chi connectivity index (χ4v) is 2.26. The summed E-state index contributed by atoms with van der Waals surface area (Å²) in [5.74, 6) is -0.421. The molecule has 2 N–H and O–H groups in total. The number of nitro groups is 1. The van der Waals surface area contributed by atoms with E-state index in [4.69, 9.17) is 22.6 Å². The smallest absolute Gasteiger partial charge is 0.271 e. The first kappa shape index (κ1) is 15.1. The summed E-state index contributed by atoms with van der Waals surface area (Å²) in [7, 11) is 0. The minimum absolute atomic E-state index is 0.0130. The van der Waals surface area contributed by atoms with E-state index in [1.54, 1.807) is 0 Å². The Morgan fingerprint density at radius 1 is 1.57 bits per heavy atom. The third kappa shape index (κ3) is 3.23. The van der Waals surface area contributed by atoms with Crippen LogP contribution in [0.2, 0.25) is 5.02 Å². The van der Waals surface area contributed by atoms with Crippen molar-refractivity contribution in [2.75, 3.05) is 12.3 Å². The predicted octanol–water partition coefficient (Wildman–Crippen LogP) is 2.35. The first-order valence-electron chi connectivity index (χ1n) is 6.37. The largest absolute Gasteiger partial charge is 0.397 e. The van der Waals surface area contributed by atoms with Gasteiger partial charge in [-0.25, -0.2) is 0 Å². The van der Waals surface area contributed by atoms with E-state index in [0.29, 0.717) is 0 Å². The van der Waals surface area contributed by atoms with Crippen LogP contribution in [0.25, 0.3) is 0 Å². The number of nitrogen functional groups attached to an aromatic ring is 1.